The first-order chi connectivity index (χ1) is 10.8. The predicted molar refractivity (Wildman–Crippen MR) is 89.7 cm³/mol. The summed E-state index contributed by atoms with van der Waals surface area (Å²) >= 11 is 12.9. The molecule has 0 aliphatic carbocycles. The molecular weight excluding hydrogens is 383 g/mol. The van der Waals surface area contributed by atoms with Gasteiger partial charge in [-0.3, -0.25) is 9.52 Å². The number of sulfonamides is 1. The van der Waals surface area contributed by atoms with Crippen LogP contribution in [0.2, 0.25) is 10.0 Å². The van der Waals surface area contributed by atoms with Crippen LogP contribution in [0, 0.1) is 0 Å². The Labute approximate surface area is 147 Å². The molecule has 0 aliphatic heterocycles. The maximum absolute atomic E-state index is 12.4. The number of thiazole rings is 1. The number of ether oxygens (including phenoxy) is 1. The number of hydrogen-bond acceptors (Lipinski definition) is 6. The third kappa shape index (κ3) is 4.57. The summed E-state index contributed by atoms with van der Waals surface area (Å²) in [6, 6.07) is 4.40. The van der Waals surface area contributed by atoms with Crippen LogP contribution in [0.15, 0.2) is 28.5 Å². The summed E-state index contributed by atoms with van der Waals surface area (Å²) in [7, 11) is -3.98. The maximum Gasteiger partial charge on any atom is 0.311 e. The molecule has 0 saturated carbocycles. The van der Waals surface area contributed by atoms with E-state index in [1.54, 1.807) is 18.4 Å². The van der Waals surface area contributed by atoms with E-state index in [1.165, 1.54) is 12.1 Å². The van der Waals surface area contributed by atoms with Crippen LogP contribution >= 0.6 is 34.5 Å². The highest BCUT2D eigenvalue weighted by molar-refractivity contribution is 7.93. The largest absolute Gasteiger partial charge is 0.466 e. The van der Waals surface area contributed by atoms with Crippen LogP contribution in [0.4, 0.5) is 5.13 Å². The molecule has 0 unspecified atom stereocenters. The number of carbonyl (C=O) groups is 1. The van der Waals surface area contributed by atoms with Crippen molar-refractivity contribution in [2.24, 2.45) is 0 Å². The van der Waals surface area contributed by atoms with E-state index in [2.05, 4.69) is 9.71 Å². The summed E-state index contributed by atoms with van der Waals surface area (Å²) < 4.78 is 31.9. The number of benzene rings is 1. The third-order valence-electron chi connectivity index (χ3n) is 2.59. The fourth-order valence-electron chi connectivity index (χ4n) is 1.70. The van der Waals surface area contributed by atoms with E-state index in [-0.39, 0.29) is 33.1 Å². The van der Waals surface area contributed by atoms with E-state index in [1.807, 2.05) is 0 Å². The van der Waals surface area contributed by atoms with Crippen LogP contribution in [0.25, 0.3) is 0 Å². The summed E-state index contributed by atoms with van der Waals surface area (Å²) in [5, 5.41) is 1.70. The minimum absolute atomic E-state index is 0.00769. The molecule has 1 aromatic heterocycles. The van der Waals surface area contributed by atoms with Crippen molar-refractivity contribution in [2.75, 3.05) is 11.3 Å². The third-order valence-corrected chi connectivity index (χ3v) is 5.82. The van der Waals surface area contributed by atoms with Gasteiger partial charge in [-0.1, -0.05) is 29.3 Å². The lowest BCUT2D eigenvalue weighted by atomic mass is 10.3. The predicted octanol–water partition coefficient (Wildman–Crippen LogP) is 3.36. The Kier molecular flexibility index (Phi) is 5.85. The quantitative estimate of drug-likeness (QED) is 0.759. The number of nitrogens with zero attached hydrogens (tertiary/aromatic N) is 1. The van der Waals surface area contributed by atoms with Crippen LogP contribution in [-0.4, -0.2) is 26.0 Å². The molecule has 6 nitrogen and oxygen atoms in total. The first-order valence-corrected chi connectivity index (χ1v) is 9.52. The van der Waals surface area contributed by atoms with Crippen LogP contribution in [0.5, 0.6) is 0 Å². The van der Waals surface area contributed by atoms with Gasteiger partial charge < -0.3 is 4.74 Å². The molecule has 1 N–H and O–H groups in total. The minimum atomic E-state index is -3.98. The highest BCUT2D eigenvalue weighted by atomic mass is 35.5. The zero-order valence-electron chi connectivity index (χ0n) is 11.9. The molecular formula is C13H12Cl2N2O4S2. The van der Waals surface area contributed by atoms with Crippen molar-refractivity contribution in [1.29, 1.82) is 0 Å². The highest BCUT2D eigenvalue weighted by Crippen LogP contribution is 2.31. The average Bonchev–Trinajstić information content (AvgIpc) is 2.84. The lowest BCUT2D eigenvalue weighted by molar-refractivity contribution is -0.142. The molecule has 23 heavy (non-hydrogen) atoms. The molecule has 124 valence electrons. The van der Waals surface area contributed by atoms with Crippen molar-refractivity contribution >= 4 is 55.7 Å². The van der Waals surface area contributed by atoms with E-state index in [0.717, 1.165) is 11.3 Å². The van der Waals surface area contributed by atoms with E-state index in [4.69, 9.17) is 27.9 Å². The molecule has 2 rings (SSSR count). The Balaban J connectivity index is 2.19. The van der Waals surface area contributed by atoms with E-state index < -0.39 is 16.0 Å². The summed E-state index contributed by atoms with van der Waals surface area (Å²) in [4.78, 5) is 15.2. The van der Waals surface area contributed by atoms with Crippen molar-refractivity contribution < 1.29 is 17.9 Å². The van der Waals surface area contributed by atoms with Gasteiger partial charge in [0.1, 0.15) is 4.90 Å². The Morgan fingerprint density at radius 3 is 2.61 bits per heavy atom. The average molecular weight is 395 g/mol. The molecule has 10 heteroatoms. The van der Waals surface area contributed by atoms with Crippen LogP contribution in [0.3, 0.4) is 0 Å². The number of anilines is 1. The summed E-state index contributed by atoms with van der Waals surface area (Å²) in [6.07, 6.45) is -0.0289. The zero-order chi connectivity index (χ0) is 17.0. The van der Waals surface area contributed by atoms with Crippen LogP contribution in [-0.2, 0) is 26.0 Å². The lowest BCUT2D eigenvalue weighted by Crippen LogP contribution is -2.14. The number of rotatable bonds is 6. The van der Waals surface area contributed by atoms with Gasteiger partial charge in [0.15, 0.2) is 5.13 Å². The molecule has 0 aliphatic rings. The van der Waals surface area contributed by atoms with Crippen LogP contribution < -0.4 is 4.72 Å². The normalized spacial score (nSPS) is 11.3. The van der Waals surface area contributed by atoms with Gasteiger partial charge in [-0.25, -0.2) is 13.4 Å². The number of hydrogen-bond donors (Lipinski definition) is 1. The van der Waals surface area contributed by atoms with Gasteiger partial charge in [0.25, 0.3) is 10.0 Å². The smallest absolute Gasteiger partial charge is 0.311 e. The molecule has 0 atom stereocenters. The van der Waals surface area contributed by atoms with E-state index >= 15 is 0 Å². The molecule has 0 bridgehead atoms. The van der Waals surface area contributed by atoms with Crippen molar-refractivity contribution in [3.63, 3.8) is 0 Å². The Bertz CT molecular complexity index is 801. The number of nitrogens with one attached hydrogen (secondary N) is 1. The zero-order valence-corrected chi connectivity index (χ0v) is 15.0. The second-order valence-electron chi connectivity index (χ2n) is 4.28. The Morgan fingerprint density at radius 2 is 2.00 bits per heavy atom. The van der Waals surface area contributed by atoms with Gasteiger partial charge in [0.2, 0.25) is 0 Å². The van der Waals surface area contributed by atoms with Crippen molar-refractivity contribution in [3.8, 4) is 0 Å². The molecule has 1 heterocycles. The fraction of sp³-hybridized carbons (Fsp3) is 0.231. The van der Waals surface area contributed by atoms with Gasteiger partial charge in [-0.15, -0.1) is 11.3 Å². The SMILES string of the molecule is CCOC(=O)Cc1csc(NS(=O)(=O)c2c(Cl)cccc2Cl)n1. The molecule has 0 amide bonds. The van der Waals surface area contributed by atoms with E-state index in [9.17, 15) is 13.2 Å². The fourth-order valence-corrected chi connectivity index (χ4v) is 4.81. The Morgan fingerprint density at radius 1 is 1.35 bits per heavy atom. The monoisotopic (exact) mass is 394 g/mol. The first-order valence-electron chi connectivity index (χ1n) is 6.40. The molecule has 2 aromatic rings. The highest BCUT2D eigenvalue weighted by Gasteiger charge is 2.23. The summed E-state index contributed by atoms with van der Waals surface area (Å²) in [5.74, 6) is -0.429. The second-order valence-corrected chi connectivity index (χ2v) is 7.57. The summed E-state index contributed by atoms with van der Waals surface area (Å²) in [5.41, 5.74) is 0.413. The van der Waals surface area contributed by atoms with Crippen molar-refractivity contribution in [3.05, 3.63) is 39.3 Å². The van der Waals surface area contributed by atoms with Crippen molar-refractivity contribution in [2.45, 2.75) is 18.2 Å². The second kappa shape index (κ2) is 7.48. The van der Waals surface area contributed by atoms with Gasteiger partial charge in [0.05, 0.1) is 28.8 Å². The van der Waals surface area contributed by atoms with Gasteiger partial charge in [-0.2, -0.15) is 0 Å². The molecule has 1 aromatic carbocycles. The van der Waals surface area contributed by atoms with Crippen molar-refractivity contribution in [1.82, 2.24) is 4.98 Å². The lowest BCUT2D eigenvalue weighted by Gasteiger charge is -2.08. The molecule has 0 fully saturated rings. The standard InChI is InChI=1S/C13H12Cl2N2O4S2/c1-2-21-11(18)6-8-7-22-13(16-8)17-23(19,20)12-9(14)4-3-5-10(12)15/h3-5,7H,2,6H2,1H3,(H,16,17). The molecule has 0 radical (unpaired) electrons. The number of aromatic nitrogens is 1. The molecule has 0 saturated heterocycles. The number of esters is 1. The van der Waals surface area contributed by atoms with Gasteiger partial charge >= 0.3 is 5.97 Å². The number of halogens is 2. The van der Waals surface area contributed by atoms with Gasteiger partial charge in [0, 0.05) is 5.38 Å². The first kappa shape index (κ1) is 18.0. The Hall–Kier alpha value is -1.35. The van der Waals surface area contributed by atoms with Crippen LogP contribution in [0.1, 0.15) is 12.6 Å². The minimum Gasteiger partial charge on any atom is -0.466 e. The summed E-state index contributed by atoms with van der Waals surface area (Å²) in [6.45, 7) is 1.97. The topological polar surface area (TPSA) is 85.4 Å². The maximum atomic E-state index is 12.4. The molecule has 0 spiro atoms. The van der Waals surface area contributed by atoms with Gasteiger partial charge in [-0.05, 0) is 19.1 Å². The van der Waals surface area contributed by atoms with E-state index in [0.29, 0.717) is 5.69 Å². The number of carbonyl (C=O) groups excluding carboxylic acids is 1.